The van der Waals surface area contributed by atoms with Crippen LogP contribution in [0.1, 0.15) is 36.0 Å². The molecule has 3 heterocycles. The average Bonchev–Trinajstić information content (AvgIpc) is 2.66. The summed E-state index contributed by atoms with van der Waals surface area (Å²) in [5.74, 6) is 0.497. The van der Waals surface area contributed by atoms with E-state index in [9.17, 15) is 4.79 Å². The van der Waals surface area contributed by atoms with Gasteiger partial charge in [0.1, 0.15) is 0 Å². The summed E-state index contributed by atoms with van der Waals surface area (Å²) in [5.41, 5.74) is 0.512. The van der Waals surface area contributed by atoms with Gasteiger partial charge < -0.3 is 10.2 Å². The summed E-state index contributed by atoms with van der Waals surface area (Å²) < 4.78 is 0. The van der Waals surface area contributed by atoms with Gasteiger partial charge in [-0.25, -0.2) is 0 Å². The number of halogens is 1. The fourth-order valence-corrected chi connectivity index (χ4v) is 3.79. The second kappa shape index (κ2) is 5.70. The van der Waals surface area contributed by atoms with Gasteiger partial charge >= 0.3 is 0 Å². The van der Waals surface area contributed by atoms with Gasteiger partial charge in [0, 0.05) is 31.0 Å². The molecule has 2 atom stereocenters. The molecule has 3 rings (SSSR count). The quantitative estimate of drug-likeness (QED) is 0.930. The number of nitrogens with zero attached hydrogens (tertiary/aromatic N) is 2. The van der Waals surface area contributed by atoms with Crippen LogP contribution >= 0.6 is 11.6 Å². The summed E-state index contributed by atoms with van der Waals surface area (Å²) in [6.45, 7) is 0.748. The van der Waals surface area contributed by atoms with E-state index in [1.54, 1.807) is 12.3 Å². The van der Waals surface area contributed by atoms with Crippen molar-refractivity contribution in [3.05, 3.63) is 29.0 Å². The third kappa shape index (κ3) is 2.67. The molecule has 1 aromatic heterocycles. The van der Waals surface area contributed by atoms with Crippen LogP contribution in [0.5, 0.6) is 0 Å². The van der Waals surface area contributed by atoms with Crippen LogP contribution in [0, 0.1) is 5.92 Å². The molecule has 1 N–H and O–H groups in total. The van der Waals surface area contributed by atoms with Crippen molar-refractivity contribution >= 4 is 17.5 Å². The highest BCUT2D eigenvalue weighted by Gasteiger charge is 2.38. The first-order valence-corrected chi connectivity index (χ1v) is 7.62. The summed E-state index contributed by atoms with van der Waals surface area (Å²) in [5, 5.41) is 3.43. The lowest BCUT2D eigenvalue weighted by atomic mass is 9.91. The molecule has 0 aliphatic carbocycles. The van der Waals surface area contributed by atoms with Gasteiger partial charge in [-0.05, 0) is 44.7 Å². The number of carbonyl (C=O) groups excluding carboxylic acids is 1. The van der Waals surface area contributed by atoms with Gasteiger partial charge in [0.25, 0.3) is 5.91 Å². The van der Waals surface area contributed by atoms with Gasteiger partial charge in [-0.3, -0.25) is 9.78 Å². The molecule has 20 heavy (non-hydrogen) atoms. The zero-order chi connectivity index (χ0) is 14.1. The zero-order valence-corrected chi connectivity index (χ0v) is 12.4. The number of hydrogen-bond acceptors (Lipinski definition) is 3. The molecule has 2 aliphatic heterocycles. The normalized spacial score (nSPS) is 29.4. The van der Waals surface area contributed by atoms with Crippen LogP contribution in [0.25, 0.3) is 0 Å². The Morgan fingerprint density at radius 1 is 1.45 bits per heavy atom. The van der Waals surface area contributed by atoms with Crippen LogP contribution in [0.2, 0.25) is 5.02 Å². The van der Waals surface area contributed by atoms with E-state index in [2.05, 4.69) is 22.2 Å². The second-order valence-corrected chi connectivity index (χ2v) is 6.36. The number of pyridine rings is 1. The van der Waals surface area contributed by atoms with Crippen LogP contribution in [-0.4, -0.2) is 41.5 Å². The molecular weight excluding hydrogens is 274 g/mol. The lowest BCUT2D eigenvalue weighted by molar-refractivity contribution is 0.0917. The van der Waals surface area contributed by atoms with E-state index >= 15 is 0 Å². The molecule has 0 radical (unpaired) electrons. The van der Waals surface area contributed by atoms with Gasteiger partial charge in [-0.2, -0.15) is 0 Å². The van der Waals surface area contributed by atoms with Crippen LogP contribution < -0.4 is 5.32 Å². The number of aromatic nitrogens is 1. The Labute approximate surface area is 124 Å². The van der Waals surface area contributed by atoms with Crippen LogP contribution in [-0.2, 0) is 0 Å². The first kappa shape index (κ1) is 13.8. The first-order valence-electron chi connectivity index (χ1n) is 7.25. The van der Waals surface area contributed by atoms with Crippen molar-refractivity contribution in [2.45, 2.75) is 37.8 Å². The summed E-state index contributed by atoms with van der Waals surface area (Å²) >= 11 is 5.99. The van der Waals surface area contributed by atoms with Gasteiger partial charge in [0.05, 0.1) is 10.6 Å². The summed E-state index contributed by atoms with van der Waals surface area (Å²) in [6, 6.07) is 3.08. The standard InChI is InChI=1S/C15H20ClN3O/c1-19-11-2-3-12(19)7-10(6-11)8-18-15(20)13-4-5-17-9-14(13)16/h4-5,9-12H,2-3,6-8H2,1H3,(H,18,20). The topological polar surface area (TPSA) is 45.2 Å². The highest BCUT2D eigenvalue weighted by Crippen LogP contribution is 2.37. The molecule has 2 bridgehead atoms. The number of rotatable bonds is 3. The molecule has 2 saturated heterocycles. The Morgan fingerprint density at radius 3 is 2.80 bits per heavy atom. The van der Waals surface area contributed by atoms with E-state index in [0.29, 0.717) is 28.6 Å². The summed E-state index contributed by atoms with van der Waals surface area (Å²) in [7, 11) is 2.23. The highest BCUT2D eigenvalue weighted by atomic mass is 35.5. The minimum absolute atomic E-state index is 0.0938. The maximum atomic E-state index is 12.1. The Balaban J connectivity index is 1.56. The van der Waals surface area contributed by atoms with Crippen molar-refractivity contribution in [1.29, 1.82) is 0 Å². The smallest absolute Gasteiger partial charge is 0.252 e. The van der Waals surface area contributed by atoms with E-state index in [-0.39, 0.29) is 5.91 Å². The number of piperidine rings is 1. The zero-order valence-electron chi connectivity index (χ0n) is 11.7. The number of hydrogen-bond donors (Lipinski definition) is 1. The number of carbonyl (C=O) groups is 1. The van der Waals surface area contributed by atoms with E-state index in [1.807, 2.05) is 0 Å². The Hall–Kier alpha value is -1.13. The van der Waals surface area contributed by atoms with Crippen molar-refractivity contribution in [2.24, 2.45) is 5.92 Å². The fourth-order valence-electron chi connectivity index (χ4n) is 3.58. The molecule has 108 valence electrons. The summed E-state index contributed by atoms with van der Waals surface area (Å²) in [6.07, 6.45) is 8.10. The maximum absolute atomic E-state index is 12.1. The molecule has 1 aromatic rings. The van der Waals surface area contributed by atoms with Gasteiger partial charge in [-0.1, -0.05) is 11.6 Å². The molecular formula is C15H20ClN3O. The molecule has 0 spiro atoms. The number of amides is 1. The van der Waals surface area contributed by atoms with E-state index in [4.69, 9.17) is 11.6 Å². The lowest BCUT2D eigenvalue weighted by Gasteiger charge is -2.36. The maximum Gasteiger partial charge on any atom is 0.252 e. The van der Waals surface area contributed by atoms with Crippen molar-refractivity contribution in [1.82, 2.24) is 15.2 Å². The predicted molar refractivity (Wildman–Crippen MR) is 78.9 cm³/mol. The number of nitrogens with one attached hydrogen (secondary N) is 1. The molecule has 1 amide bonds. The van der Waals surface area contributed by atoms with Gasteiger partial charge in [0.15, 0.2) is 0 Å². The van der Waals surface area contributed by atoms with Crippen LogP contribution in [0.3, 0.4) is 0 Å². The van der Waals surface area contributed by atoms with Gasteiger partial charge in [0.2, 0.25) is 0 Å². The van der Waals surface area contributed by atoms with Crippen molar-refractivity contribution in [2.75, 3.05) is 13.6 Å². The van der Waals surface area contributed by atoms with Crippen LogP contribution in [0.4, 0.5) is 0 Å². The van der Waals surface area contributed by atoms with Crippen molar-refractivity contribution in [3.63, 3.8) is 0 Å². The number of fused-ring (bicyclic) bond motifs is 2. The van der Waals surface area contributed by atoms with Gasteiger partial charge in [-0.15, -0.1) is 0 Å². The molecule has 0 aromatic carbocycles. The Bertz CT molecular complexity index is 494. The SMILES string of the molecule is CN1C2CCC1CC(CNC(=O)c1ccncc1Cl)C2. The molecule has 2 aliphatic rings. The van der Waals surface area contributed by atoms with E-state index in [1.165, 1.54) is 31.9 Å². The minimum atomic E-state index is -0.0938. The largest absolute Gasteiger partial charge is 0.352 e. The third-order valence-electron chi connectivity index (χ3n) is 4.76. The van der Waals surface area contributed by atoms with E-state index < -0.39 is 0 Å². The molecule has 2 fully saturated rings. The Kier molecular flexibility index (Phi) is 3.94. The lowest BCUT2D eigenvalue weighted by Crippen LogP contribution is -2.43. The molecule has 4 nitrogen and oxygen atoms in total. The molecule has 0 saturated carbocycles. The summed E-state index contributed by atoms with van der Waals surface area (Å²) in [4.78, 5) is 18.5. The van der Waals surface area contributed by atoms with Crippen LogP contribution in [0.15, 0.2) is 18.5 Å². The average molecular weight is 294 g/mol. The Morgan fingerprint density at radius 2 is 2.15 bits per heavy atom. The first-order chi connectivity index (χ1) is 9.65. The molecule has 5 heteroatoms. The van der Waals surface area contributed by atoms with Crippen molar-refractivity contribution < 1.29 is 4.79 Å². The monoisotopic (exact) mass is 293 g/mol. The third-order valence-corrected chi connectivity index (χ3v) is 5.07. The fraction of sp³-hybridized carbons (Fsp3) is 0.600. The highest BCUT2D eigenvalue weighted by molar-refractivity contribution is 6.33. The predicted octanol–water partition coefficient (Wildman–Crippen LogP) is 2.34. The van der Waals surface area contributed by atoms with Crippen molar-refractivity contribution in [3.8, 4) is 0 Å². The van der Waals surface area contributed by atoms with E-state index in [0.717, 1.165) is 6.54 Å². The molecule has 2 unspecified atom stereocenters. The second-order valence-electron chi connectivity index (χ2n) is 5.95. The minimum Gasteiger partial charge on any atom is -0.352 e.